The smallest absolute Gasteiger partial charge is 0.435 e. The molecular weight excluding hydrogens is 405 g/mol. The van der Waals surface area contributed by atoms with Gasteiger partial charge in [0.05, 0.1) is 12.8 Å². The number of hydrogen-bond acceptors (Lipinski definition) is 3. The predicted molar refractivity (Wildman–Crippen MR) is 95.5 cm³/mol. The molecule has 10 heteroatoms. The molecule has 2 aromatic rings. The molecule has 0 saturated carbocycles. The Morgan fingerprint density at radius 2 is 1.45 bits per heavy atom. The van der Waals surface area contributed by atoms with Gasteiger partial charge in [-0.25, -0.2) is 4.39 Å². The zero-order chi connectivity index (χ0) is 22.2. The molecule has 0 radical (unpaired) electrons. The van der Waals surface area contributed by atoms with Gasteiger partial charge >= 0.3 is 18.0 Å². The van der Waals surface area contributed by atoms with Crippen LogP contribution in [0, 0.1) is 13.8 Å². The first-order valence-electron chi connectivity index (χ1n) is 8.33. The SMILES string of the molecule is COc1c(N)cccc1CNc1c(C)cc(C(F)(C(F)(F)F)C(F)(F)F)cc1C. The summed E-state index contributed by atoms with van der Waals surface area (Å²) < 4.78 is 97.5. The van der Waals surface area contributed by atoms with Crippen molar-refractivity contribution in [1.29, 1.82) is 0 Å². The normalized spacial score (nSPS) is 12.8. The number of nitrogen functional groups attached to an aromatic ring is 1. The van der Waals surface area contributed by atoms with Gasteiger partial charge in [-0.15, -0.1) is 0 Å². The lowest BCUT2D eigenvalue weighted by Crippen LogP contribution is -2.50. The molecule has 0 aliphatic rings. The summed E-state index contributed by atoms with van der Waals surface area (Å²) in [6.07, 6.45) is -12.3. The summed E-state index contributed by atoms with van der Waals surface area (Å²) in [5, 5.41) is 2.94. The maximum atomic E-state index is 14.3. The van der Waals surface area contributed by atoms with Crippen LogP contribution in [0.15, 0.2) is 30.3 Å². The summed E-state index contributed by atoms with van der Waals surface area (Å²) in [6, 6.07) is 6.07. The van der Waals surface area contributed by atoms with Gasteiger partial charge < -0.3 is 15.8 Å². The molecule has 0 bridgehead atoms. The van der Waals surface area contributed by atoms with Crippen LogP contribution in [-0.4, -0.2) is 19.5 Å². The summed E-state index contributed by atoms with van der Waals surface area (Å²) in [6.45, 7) is 2.72. The number of nitrogens with one attached hydrogen (secondary N) is 1. The highest BCUT2D eigenvalue weighted by Gasteiger charge is 2.73. The van der Waals surface area contributed by atoms with Gasteiger partial charge in [-0.1, -0.05) is 24.3 Å². The van der Waals surface area contributed by atoms with E-state index in [1.54, 1.807) is 18.2 Å². The van der Waals surface area contributed by atoms with Gasteiger partial charge in [0, 0.05) is 23.4 Å². The van der Waals surface area contributed by atoms with Crippen molar-refractivity contribution in [2.75, 3.05) is 18.2 Å². The Hall–Kier alpha value is -2.65. The van der Waals surface area contributed by atoms with E-state index in [-0.39, 0.29) is 23.4 Å². The number of aryl methyl sites for hydroxylation is 2. The first-order valence-corrected chi connectivity index (χ1v) is 8.33. The summed E-state index contributed by atoms with van der Waals surface area (Å²) in [7, 11) is 1.41. The summed E-state index contributed by atoms with van der Waals surface area (Å²) in [4.78, 5) is 0. The first-order chi connectivity index (χ1) is 13.2. The fourth-order valence-electron chi connectivity index (χ4n) is 3.11. The molecule has 160 valence electrons. The quantitative estimate of drug-likeness (QED) is 0.471. The third-order valence-corrected chi connectivity index (χ3v) is 4.50. The maximum Gasteiger partial charge on any atom is 0.435 e. The lowest BCUT2D eigenvalue weighted by atomic mass is 9.90. The Kier molecular flexibility index (Phi) is 5.97. The maximum absolute atomic E-state index is 14.3. The monoisotopic (exact) mass is 424 g/mol. The second-order valence-electron chi connectivity index (χ2n) is 6.53. The molecule has 0 fully saturated rings. The fourth-order valence-corrected chi connectivity index (χ4v) is 3.11. The average Bonchev–Trinajstić information content (AvgIpc) is 2.58. The molecule has 2 rings (SSSR count). The number of ether oxygens (including phenoxy) is 1. The molecule has 0 spiro atoms. The number of nitrogens with two attached hydrogens (primary N) is 1. The molecular formula is C19H19F7N2O. The minimum atomic E-state index is -6.16. The number of rotatable bonds is 5. The van der Waals surface area contributed by atoms with E-state index in [9.17, 15) is 30.7 Å². The van der Waals surface area contributed by atoms with Crippen molar-refractivity contribution in [3.05, 3.63) is 52.6 Å². The minimum Gasteiger partial charge on any atom is -0.494 e. The average molecular weight is 424 g/mol. The Bertz CT molecular complexity index is 854. The van der Waals surface area contributed by atoms with E-state index in [1.165, 1.54) is 21.0 Å². The molecule has 0 atom stereocenters. The van der Waals surface area contributed by atoms with E-state index in [1.807, 2.05) is 0 Å². The lowest BCUT2D eigenvalue weighted by Gasteiger charge is -2.31. The van der Waals surface area contributed by atoms with Gasteiger partial charge in [0.15, 0.2) is 0 Å². The number of hydrogen-bond donors (Lipinski definition) is 2. The zero-order valence-electron chi connectivity index (χ0n) is 15.7. The molecule has 0 aliphatic carbocycles. The Morgan fingerprint density at radius 1 is 0.931 bits per heavy atom. The van der Waals surface area contributed by atoms with Crippen LogP contribution in [0.3, 0.4) is 0 Å². The van der Waals surface area contributed by atoms with Crippen molar-refractivity contribution in [1.82, 2.24) is 0 Å². The lowest BCUT2D eigenvalue weighted by molar-refractivity contribution is -0.348. The number of para-hydroxylation sites is 1. The van der Waals surface area contributed by atoms with Gasteiger partial charge in [-0.3, -0.25) is 0 Å². The van der Waals surface area contributed by atoms with Crippen LogP contribution in [0.4, 0.5) is 42.1 Å². The molecule has 2 aromatic carbocycles. The molecule has 0 aromatic heterocycles. The van der Waals surface area contributed by atoms with Gasteiger partial charge in [-0.2, -0.15) is 26.3 Å². The summed E-state index contributed by atoms with van der Waals surface area (Å²) in [5.74, 6) is 0.392. The van der Waals surface area contributed by atoms with Crippen LogP contribution in [0.25, 0.3) is 0 Å². The molecule has 29 heavy (non-hydrogen) atoms. The molecule has 0 unspecified atom stereocenters. The second-order valence-corrected chi connectivity index (χ2v) is 6.53. The summed E-state index contributed by atoms with van der Waals surface area (Å²) >= 11 is 0. The van der Waals surface area contributed by atoms with Crippen molar-refractivity contribution < 1.29 is 35.5 Å². The second kappa shape index (κ2) is 7.64. The van der Waals surface area contributed by atoms with E-state index in [4.69, 9.17) is 10.5 Å². The highest BCUT2D eigenvalue weighted by atomic mass is 19.4. The van der Waals surface area contributed by atoms with Gasteiger partial charge in [0.2, 0.25) is 0 Å². The van der Waals surface area contributed by atoms with Crippen LogP contribution in [-0.2, 0) is 12.2 Å². The number of methoxy groups -OCH3 is 1. The number of anilines is 2. The third kappa shape index (κ3) is 4.06. The van der Waals surface area contributed by atoms with Crippen LogP contribution < -0.4 is 15.8 Å². The molecule has 3 N–H and O–H groups in total. The fraction of sp³-hybridized carbons (Fsp3) is 0.368. The van der Waals surface area contributed by atoms with Crippen molar-refractivity contribution in [3.8, 4) is 5.75 Å². The Balaban J connectivity index is 2.44. The van der Waals surface area contributed by atoms with Crippen LogP contribution >= 0.6 is 0 Å². The van der Waals surface area contributed by atoms with Crippen molar-refractivity contribution in [2.45, 2.75) is 38.4 Å². The largest absolute Gasteiger partial charge is 0.494 e. The molecule has 0 amide bonds. The van der Waals surface area contributed by atoms with Crippen molar-refractivity contribution in [3.63, 3.8) is 0 Å². The topological polar surface area (TPSA) is 47.3 Å². The van der Waals surface area contributed by atoms with Crippen molar-refractivity contribution >= 4 is 11.4 Å². The molecule has 0 aliphatic heterocycles. The highest BCUT2D eigenvalue weighted by molar-refractivity contribution is 5.61. The highest BCUT2D eigenvalue weighted by Crippen LogP contribution is 2.53. The van der Waals surface area contributed by atoms with Crippen LogP contribution in [0.2, 0.25) is 0 Å². The van der Waals surface area contributed by atoms with E-state index < -0.39 is 23.6 Å². The van der Waals surface area contributed by atoms with Crippen LogP contribution in [0.5, 0.6) is 5.75 Å². The first kappa shape index (κ1) is 22.6. The third-order valence-electron chi connectivity index (χ3n) is 4.50. The number of halogens is 7. The zero-order valence-corrected chi connectivity index (χ0v) is 15.7. The van der Waals surface area contributed by atoms with Gasteiger partial charge in [0.25, 0.3) is 0 Å². The van der Waals surface area contributed by atoms with Crippen LogP contribution in [0.1, 0.15) is 22.3 Å². The van der Waals surface area contributed by atoms with Gasteiger partial charge in [0.1, 0.15) is 5.75 Å². The Labute approximate surface area is 162 Å². The number of alkyl halides is 7. The van der Waals surface area contributed by atoms with E-state index in [0.29, 0.717) is 29.1 Å². The minimum absolute atomic E-state index is 0.0263. The molecule has 0 saturated heterocycles. The molecule has 0 heterocycles. The Morgan fingerprint density at radius 3 is 1.90 bits per heavy atom. The van der Waals surface area contributed by atoms with E-state index in [2.05, 4.69) is 5.32 Å². The summed E-state index contributed by atoms with van der Waals surface area (Å²) in [5.41, 5.74) is 0.150. The van der Waals surface area contributed by atoms with E-state index >= 15 is 0 Å². The molecule has 3 nitrogen and oxygen atoms in total. The van der Waals surface area contributed by atoms with Gasteiger partial charge in [-0.05, 0) is 31.0 Å². The predicted octanol–water partition coefficient (Wildman–Crippen LogP) is 5.80. The van der Waals surface area contributed by atoms with E-state index in [0.717, 1.165) is 0 Å². The number of benzene rings is 2. The standard InChI is InChI=1S/C19H19F7N2O/c1-10-7-13(17(20,18(21,22)23)19(24,25)26)8-11(2)15(10)28-9-12-5-4-6-14(27)16(12)29-3/h4-8,28H,9,27H2,1-3H3. The van der Waals surface area contributed by atoms with Crippen molar-refractivity contribution in [2.24, 2.45) is 0 Å².